The molecule has 0 unspecified atom stereocenters. The van der Waals surface area contributed by atoms with Gasteiger partial charge in [-0.05, 0) is 59.6 Å². The Bertz CT molecular complexity index is 924. The Morgan fingerprint density at radius 1 is 1.00 bits per heavy atom. The van der Waals surface area contributed by atoms with Gasteiger partial charge in [0.05, 0.1) is 23.1 Å². The number of nitrogens with one attached hydrogen (secondary N) is 2. The quantitative estimate of drug-likeness (QED) is 0.616. The molecular weight excluding hydrogens is 378 g/mol. The molecule has 0 saturated heterocycles. The van der Waals surface area contributed by atoms with Crippen LogP contribution < -0.4 is 10.6 Å². The molecule has 126 valence electrons. The number of nitrogens with zero attached hydrogens (tertiary/aromatic N) is 1. The van der Waals surface area contributed by atoms with Gasteiger partial charge in [-0.25, -0.2) is 0 Å². The van der Waals surface area contributed by atoms with E-state index in [1.807, 2.05) is 56.3 Å². The molecule has 1 heterocycles. The topological polar surface area (TPSA) is 54.0 Å². The highest BCUT2D eigenvalue weighted by atomic mass is 79.9. The van der Waals surface area contributed by atoms with E-state index >= 15 is 0 Å². The summed E-state index contributed by atoms with van der Waals surface area (Å²) in [6.07, 6.45) is 3.25. The van der Waals surface area contributed by atoms with Crippen LogP contribution in [0.1, 0.15) is 21.5 Å². The molecule has 1 amide bonds. The molecule has 0 radical (unpaired) electrons. The lowest BCUT2D eigenvalue weighted by Gasteiger charge is -2.11. The molecule has 4 nitrogen and oxygen atoms in total. The first-order valence-corrected chi connectivity index (χ1v) is 8.67. The van der Waals surface area contributed by atoms with Crippen LogP contribution in [0.3, 0.4) is 0 Å². The first-order chi connectivity index (χ1) is 12.0. The number of carbonyl (C=O) groups excluding carboxylic acids is 1. The van der Waals surface area contributed by atoms with E-state index in [2.05, 4.69) is 31.5 Å². The largest absolute Gasteiger partial charge is 0.353 e. The Labute approximate surface area is 155 Å². The summed E-state index contributed by atoms with van der Waals surface area (Å²) >= 11 is 3.50. The molecule has 0 bridgehead atoms. The van der Waals surface area contributed by atoms with E-state index in [9.17, 15) is 4.79 Å². The Morgan fingerprint density at radius 2 is 1.80 bits per heavy atom. The summed E-state index contributed by atoms with van der Waals surface area (Å²) < 4.78 is 0.945. The maximum absolute atomic E-state index is 12.5. The van der Waals surface area contributed by atoms with E-state index in [0.717, 1.165) is 32.7 Å². The zero-order valence-corrected chi connectivity index (χ0v) is 15.6. The number of aryl methyl sites for hydroxylation is 2. The Morgan fingerprint density at radius 3 is 2.56 bits per heavy atom. The normalized spacial score (nSPS) is 10.4. The van der Waals surface area contributed by atoms with Crippen molar-refractivity contribution in [2.75, 3.05) is 10.6 Å². The first-order valence-electron chi connectivity index (χ1n) is 7.88. The second-order valence-electron chi connectivity index (χ2n) is 5.84. The molecule has 0 aliphatic rings. The third-order valence-corrected chi connectivity index (χ3v) is 4.47. The second kappa shape index (κ2) is 7.49. The average Bonchev–Trinajstić information content (AvgIpc) is 2.60. The van der Waals surface area contributed by atoms with Gasteiger partial charge in [-0.2, -0.15) is 0 Å². The molecule has 2 N–H and O–H groups in total. The van der Waals surface area contributed by atoms with Crippen LogP contribution in [-0.2, 0) is 0 Å². The van der Waals surface area contributed by atoms with Crippen LogP contribution in [-0.4, -0.2) is 10.9 Å². The third kappa shape index (κ3) is 4.25. The fraction of sp³-hybridized carbons (Fsp3) is 0.100. The number of rotatable bonds is 4. The van der Waals surface area contributed by atoms with Crippen molar-refractivity contribution in [3.63, 3.8) is 0 Å². The Hall–Kier alpha value is -2.66. The van der Waals surface area contributed by atoms with E-state index in [4.69, 9.17) is 0 Å². The lowest BCUT2D eigenvalue weighted by molar-refractivity contribution is 0.102. The van der Waals surface area contributed by atoms with Crippen LogP contribution in [0.5, 0.6) is 0 Å². The number of carbonyl (C=O) groups is 1. The molecular formula is C20H18BrN3O. The lowest BCUT2D eigenvalue weighted by Crippen LogP contribution is -2.13. The zero-order chi connectivity index (χ0) is 17.8. The van der Waals surface area contributed by atoms with E-state index in [0.29, 0.717) is 5.56 Å². The van der Waals surface area contributed by atoms with Gasteiger partial charge in [-0.3, -0.25) is 9.78 Å². The maximum atomic E-state index is 12.5. The minimum atomic E-state index is -0.185. The summed E-state index contributed by atoms with van der Waals surface area (Å²) in [5, 5.41) is 6.20. The number of pyridine rings is 1. The summed E-state index contributed by atoms with van der Waals surface area (Å²) in [5.41, 5.74) is 5.16. The molecule has 2 aromatic carbocycles. The highest BCUT2D eigenvalue weighted by Gasteiger charge is 2.10. The van der Waals surface area contributed by atoms with Crippen LogP contribution in [0.25, 0.3) is 0 Å². The average molecular weight is 396 g/mol. The molecule has 0 atom stereocenters. The molecule has 3 rings (SSSR count). The minimum absolute atomic E-state index is 0.185. The van der Waals surface area contributed by atoms with Gasteiger partial charge >= 0.3 is 0 Å². The molecule has 0 aliphatic heterocycles. The summed E-state index contributed by atoms with van der Waals surface area (Å²) in [7, 11) is 0. The van der Waals surface area contributed by atoms with Crippen LogP contribution in [0.4, 0.5) is 17.1 Å². The maximum Gasteiger partial charge on any atom is 0.257 e. The number of para-hydroxylation sites is 1. The van der Waals surface area contributed by atoms with Gasteiger partial charge in [0.25, 0.3) is 5.91 Å². The van der Waals surface area contributed by atoms with E-state index < -0.39 is 0 Å². The predicted octanol–water partition coefficient (Wildman–Crippen LogP) is 5.46. The number of anilines is 3. The molecule has 5 heteroatoms. The van der Waals surface area contributed by atoms with Gasteiger partial charge in [-0.1, -0.05) is 29.8 Å². The smallest absolute Gasteiger partial charge is 0.257 e. The second-order valence-corrected chi connectivity index (χ2v) is 6.69. The zero-order valence-electron chi connectivity index (χ0n) is 14.0. The van der Waals surface area contributed by atoms with Crippen LogP contribution in [0, 0.1) is 13.8 Å². The van der Waals surface area contributed by atoms with Crippen LogP contribution in [0.15, 0.2) is 65.4 Å². The number of hydrogen-bond acceptors (Lipinski definition) is 3. The van der Waals surface area contributed by atoms with Crippen molar-refractivity contribution < 1.29 is 4.79 Å². The highest BCUT2D eigenvalue weighted by molar-refractivity contribution is 9.10. The minimum Gasteiger partial charge on any atom is -0.353 e. The third-order valence-electron chi connectivity index (χ3n) is 3.78. The van der Waals surface area contributed by atoms with Gasteiger partial charge in [-0.15, -0.1) is 0 Å². The standard InChI is InChI=1S/C20H18BrN3O/c1-13-7-8-18(14(2)9-13)24-20(25)15-10-16(12-22-11-15)23-19-6-4-3-5-17(19)21/h3-12,23H,1-2H3,(H,24,25). The summed E-state index contributed by atoms with van der Waals surface area (Å²) in [4.78, 5) is 16.7. The van der Waals surface area contributed by atoms with Gasteiger partial charge in [0.15, 0.2) is 0 Å². The highest BCUT2D eigenvalue weighted by Crippen LogP contribution is 2.25. The summed E-state index contributed by atoms with van der Waals surface area (Å²) in [5.74, 6) is -0.185. The fourth-order valence-corrected chi connectivity index (χ4v) is 2.88. The van der Waals surface area contributed by atoms with Gasteiger partial charge in [0.2, 0.25) is 0 Å². The summed E-state index contributed by atoms with van der Waals surface area (Å²) in [6, 6.07) is 15.5. The van der Waals surface area contributed by atoms with Crippen molar-refractivity contribution in [3.05, 3.63) is 82.1 Å². The van der Waals surface area contributed by atoms with Crippen LogP contribution >= 0.6 is 15.9 Å². The number of amides is 1. The number of hydrogen-bond donors (Lipinski definition) is 2. The molecule has 1 aromatic heterocycles. The van der Waals surface area contributed by atoms with Gasteiger partial charge < -0.3 is 10.6 Å². The van der Waals surface area contributed by atoms with E-state index in [1.165, 1.54) is 0 Å². The molecule has 25 heavy (non-hydrogen) atoms. The van der Waals surface area contributed by atoms with Crippen molar-refractivity contribution in [2.45, 2.75) is 13.8 Å². The fourth-order valence-electron chi connectivity index (χ4n) is 2.50. The van der Waals surface area contributed by atoms with Gasteiger partial charge in [0, 0.05) is 16.4 Å². The number of halogens is 1. The molecule has 0 aliphatic carbocycles. The lowest BCUT2D eigenvalue weighted by atomic mass is 10.1. The van der Waals surface area contributed by atoms with Crippen molar-refractivity contribution in [1.29, 1.82) is 0 Å². The van der Waals surface area contributed by atoms with Crippen molar-refractivity contribution in [3.8, 4) is 0 Å². The van der Waals surface area contributed by atoms with Crippen molar-refractivity contribution >= 4 is 38.9 Å². The Kier molecular flexibility index (Phi) is 5.14. The van der Waals surface area contributed by atoms with E-state index in [-0.39, 0.29) is 5.91 Å². The monoisotopic (exact) mass is 395 g/mol. The molecule has 0 spiro atoms. The summed E-state index contributed by atoms with van der Waals surface area (Å²) in [6.45, 7) is 4.01. The van der Waals surface area contributed by atoms with Gasteiger partial charge in [0.1, 0.15) is 0 Å². The predicted molar refractivity (Wildman–Crippen MR) is 106 cm³/mol. The van der Waals surface area contributed by atoms with E-state index in [1.54, 1.807) is 18.5 Å². The van der Waals surface area contributed by atoms with Crippen molar-refractivity contribution in [2.24, 2.45) is 0 Å². The molecule has 3 aromatic rings. The molecule has 0 saturated carbocycles. The van der Waals surface area contributed by atoms with Crippen LogP contribution in [0.2, 0.25) is 0 Å². The van der Waals surface area contributed by atoms with Crippen molar-refractivity contribution in [1.82, 2.24) is 4.98 Å². The number of benzene rings is 2. The SMILES string of the molecule is Cc1ccc(NC(=O)c2cncc(Nc3ccccc3Br)c2)c(C)c1. The Balaban J connectivity index is 1.79. The first kappa shape index (κ1) is 17.2. The number of aromatic nitrogens is 1. The molecule has 0 fully saturated rings.